The van der Waals surface area contributed by atoms with Gasteiger partial charge in [-0.25, -0.2) is 0 Å². The summed E-state index contributed by atoms with van der Waals surface area (Å²) in [5.74, 6) is 0.272. The van der Waals surface area contributed by atoms with Crippen molar-refractivity contribution in [2.24, 2.45) is 0 Å². The average molecular weight is 202 g/mol. The van der Waals surface area contributed by atoms with Gasteiger partial charge in [-0.15, -0.1) is 6.58 Å². The molecule has 0 N–H and O–H groups in total. The van der Waals surface area contributed by atoms with E-state index >= 15 is 0 Å². The van der Waals surface area contributed by atoms with E-state index in [1.807, 2.05) is 44.2 Å². The molecule has 1 rings (SSSR count). The van der Waals surface area contributed by atoms with E-state index < -0.39 is 0 Å². The van der Waals surface area contributed by atoms with Crippen LogP contribution >= 0.6 is 0 Å². The normalized spacial score (nSPS) is 11.1. The molecule has 0 bridgehead atoms. The summed E-state index contributed by atoms with van der Waals surface area (Å²) in [5.41, 5.74) is 0.698. The average Bonchev–Trinajstić information content (AvgIpc) is 2.27. The lowest BCUT2D eigenvalue weighted by Gasteiger charge is -2.23. The Balaban J connectivity index is 2.82. The van der Waals surface area contributed by atoms with Gasteiger partial charge in [-0.2, -0.15) is 0 Å². The molecule has 0 aromatic heterocycles. The smallest absolute Gasteiger partial charge is 0.143 e. The zero-order chi connectivity index (χ0) is 11.3. The van der Waals surface area contributed by atoms with Crippen LogP contribution in [0.15, 0.2) is 43.0 Å². The minimum absolute atomic E-state index is 0.272. The Bertz CT molecular complexity index is 336. The molecule has 0 atom stereocenters. The lowest BCUT2D eigenvalue weighted by atomic mass is 9.79. The van der Waals surface area contributed by atoms with E-state index in [4.69, 9.17) is 0 Å². The summed E-state index contributed by atoms with van der Waals surface area (Å²) in [6, 6.07) is 9.92. The van der Waals surface area contributed by atoms with Gasteiger partial charge in [0.2, 0.25) is 0 Å². The number of carbonyl (C=O) groups is 1. The molecule has 80 valence electrons. The van der Waals surface area contributed by atoms with Crippen LogP contribution < -0.4 is 0 Å². The van der Waals surface area contributed by atoms with Gasteiger partial charge in [0.05, 0.1) is 0 Å². The highest BCUT2D eigenvalue weighted by Gasteiger charge is 2.28. The number of benzene rings is 1. The van der Waals surface area contributed by atoms with Crippen molar-refractivity contribution in [1.82, 2.24) is 0 Å². The molecular weight excluding hydrogens is 184 g/mol. The first-order valence-electron chi connectivity index (χ1n) is 5.28. The minimum atomic E-state index is -0.385. The molecular formula is C14H18O. The predicted octanol–water partition coefficient (Wildman–Crippen LogP) is 3.50. The highest BCUT2D eigenvalue weighted by molar-refractivity contribution is 5.89. The van der Waals surface area contributed by atoms with Crippen molar-refractivity contribution >= 4 is 5.78 Å². The van der Waals surface area contributed by atoms with E-state index in [1.54, 1.807) is 6.08 Å². The van der Waals surface area contributed by atoms with Crippen molar-refractivity contribution in [1.29, 1.82) is 0 Å². The van der Waals surface area contributed by atoms with Gasteiger partial charge in [-0.05, 0) is 25.8 Å². The second-order valence-corrected chi connectivity index (χ2v) is 4.24. The maximum Gasteiger partial charge on any atom is 0.143 e. The van der Waals surface area contributed by atoms with Crippen LogP contribution in [0.4, 0.5) is 0 Å². The van der Waals surface area contributed by atoms with E-state index in [0.29, 0.717) is 6.42 Å². The van der Waals surface area contributed by atoms with Crippen LogP contribution in [0.3, 0.4) is 0 Å². The van der Waals surface area contributed by atoms with E-state index in [2.05, 4.69) is 6.58 Å². The summed E-state index contributed by atoms with van der Waals surface area (Å²) < 4.78 is 0. The van der Waals surface area contributed by atoms with Gasteiger partial charge in [0.25, 0.3) is 0 Å². The van der Waals surface area contributed by atoms with Crippen molar-refractivity contribution in [3.63, 3.8) is 0 Å². The Labute approximate surface area is 91.8 Å². The summed E-state index contributed by atoms with van der Waals surface area (Å²) in [7, 11) is 0. The fourth-order valence-corrected chi connectivity index (χ4v) is 1.56. The number of carbonyl (C=O) groups excluding carboxylic acids is 1. The van der Waals surface area contributed by atoms with Crippen molar-refractivity contribution in [3.05, 3.63) is 48.6 Å². The molecule has 1 nitrogen and oxygen atoms in total. The molecule has 1 aromatic rings. The molecule has 0 amide bonds. The largest absolute Gasteiger partial charge is 0.299 e. The Morgan fingerprint density at radius 3 is 2.47 bits per heavy atom. The van der Waals surface area contributed by atoms with Crippen LogP contribution in [0, 0.1) is 0 Å². The van der Waals surface area contributed by atoms with Crippen LogP contribution in [0.5, 0.6) is 0 Å². The second-order valence-electron chi connectivity index (χ2n) is 4.24. The highest BCUT2D eigenvalue weighted by atomic mass is 16.1. The predicted molar refractivity (Wildman–Crippen MR) is 63.9 cm³/mol. The Morgan fingerprint density at radius 2 is 1.93 bits per heavy atom. The van der Waals surface area contributed by atoms with Gasteiger partial charge in [0, 0.05) is 11.8 Å². The van der Waals surface area contributed by atoms with Crippen LogP contribution in [0.1, 0.15) is 32.3 Å². The van der Waals surface area contributed by atoms with Crippen molar-refractivity contribution in [2.75, 3.05) is 0 Å². The summed E-state index contributed by atoms with van der Waals surface area (Å²) in [6.07, 6.45) is 3.12. The summed E-state index contributed by atoms with van der Waals surface area (Å²) in [6.45, 7) is 7.60. The van der Waals surface area contributed by atoms with Crippen LogP contribution in [-0.2, 0) is 10.2 Å². The lowest BCUT2D eigenvalue weighted by Crippen LogP contribution is -2.28. The zero-order valence-electron chi connectivity index (χ0n) is 9.49. The number of allylic oxidation sites excluding steroid dienone is 1. The topological polar surface area (TPSA) is 17.1 Å². The molecule has 0 spiro atoms. The van der Waals surface area contributed by atoms with Crippen molar-refractivity contribution < 1.29 is 4.79 Å². The molecule has 0 radical (unpaired) electrons. The van der Waals surface area contributed by atoms with Gasteiger partial charge in [0.1, 0.15) is 5.78 Å². The Hall–Kier alpha value is -1.37. The molecule has 0 heterocycles. The lowest BCUT2D eigenvalue weighted by molar-refractivity contribution is -0.123. The first-order chi connectivity index (χ1) is 7.09. The van der Waals surface area contributed by atoms with E-state index in [1.165, 1.54) is 0 Å². The van der Waals surface area contributed by atoms with Gasteiger partial charge >= 0.3 is 0 Å². The molecule has 0 aliphatic heterocycles. The fourth-order valence-electron chi connectivity index (χ4n) is 1.56. The van der Waals surface area contributed by atoms with Gasteiger partial charge < -0.3 is 0 Å². The Morgan fingerprint density at radius 1 is 1.33 bits per heavy atom. The van der Waals surface area contributed by atoms with Gasteiger partial charge in [-0.3, -0.25) is 4.79 Å². The van der Waals surface area contributed by atoms with Crippen LogP contribution in [0.2, 0.25) is 0 Å². The number of hydrogen-bond donors (Lipinski definition) is 0. The number of ketones is 1. The first-order valence-corrected chi connectivity index (χ1v) is 5.28. The van der Waals surface area contributed by atoms with Gasteiger partial charge in [0.15, 0.2) is 0 Å². The molecule has 0 aliphatic rings. The molecule has 0 saturated heterocycles. The zero-order valence-corrected chi connectivity index (χ0v) is 9.49. The first kappa shape index (κ1) is 11.7. The molecule has 1 heteroatoms. The number of Topliss-reactive ketones (excluding diaryl/α,β-unsaturated/α-hetero) is 1. The molecule has 0 fully saturated rings. The molecule has 0 aliphatic carbocycles. The molecule has 1 aromatic carbocycles. The van der Waals surface area contributed by atoms with E-state index in [-0.39, 0.29) is 11.2 Å². The number of hydrogen-bond acceptors (Lipinski definition) is 1. The Kier molecular flexibility index (Phi) is 3.84. The van der Waals surface area contributed by atoms with Crippen molar-refractivity contribution in [2.45, 2.75) is 32.1 Å². The molecule has 0 saturated carbocycles. The van der Waals surface area contributed by atoms with Crippen LogP contribution in [-0.4, -0.2) is 5.78 Å². The van der Waals surface area contributed by atoms with E-state index in [0.717, 1.165) is 12.0 Å². The van der Waals surface area contributed by atoms with E-state index in [9.17, 15) is 4.79 Å². The third-order valence-corrected chi connectivity index (χ3v) is 2.77. The SMILES string of the molecule is C=CCCC(=O)C(C)(C)c1ccccc1. The summed E-state index contributed by atoms with van der Waals surface area (Å²) in [5, 5.41) is 0. The highest BCUT2D eigenvalue weighted by Crippen LogP contribution is 2.25. The monoisotopic (exact) mass is 202 g/mol. The standard InChI is InChI=1S/C14H18O/c1-4-5-11-13(15)14(2,3)12-9-7-6-8-10-12/h4,6-10H,1,5,11H2,2-3H3. The molecule has 15 heavy (non-hydrogen) atoms. The fraction of sp³-hybridized carbons (Fsp3) is 0.357. The third-order valence-electron chi connectivity index (χ3n) is 2.77. The summed E-state index contributed by atoms with van der Waals surface area (Å²) >= 11 is 0. The maximum atomic E-state index is 12.0. The third kappa shape index (κ3) is 2.79. The van der Waals surface area contributed by atoms with Gasteiger partial charge in [-0.1, -0.05) is 36.4 Å². The quantitative estimate of drug-likeness (QED) is 0.668. The van der Waals surface area contributed by atoms with Crippen LogP contribution in [0.25, 0.3) is 0 Å². The maximum absolute atomic E-state index is 12.0. The second kappa shape index (κ2) is 4.92. The van der Waals surface area contributed by atoms with Crippen molar-refractivity contribution in [3.8, 4) is 0 Å². The molecule has 0 unspecified atom stereocenters. The number of rotatable bonds is 5. The minimum Gasteiger partial charge on any atom is -0.299 e. The summed E-state index contributed by atoms with van der Waals surface area (Å²) in [4.78, 5) is 12.0.